The van der Waals surface area contributed by atoms with Gasteiger partial charge < -0.3 is 14.6 Å². The fraction of sp³-hybridized carbons (Fsp3) is 0.842. The van der Waals surface area contributed by atoms with Crippen molar-refractivity contribution in [2.45, 2.75) is 78.0 Å². The van der Waals surface area contributed by atoms with Crippen LogP contribution in [-0.4, -0.2) is 46.9 Å². The standard InChI is InChI=1S/C19H31NO6/c1-12(2)18(23)25-13(3)26-19(24)20-11-15(10-16(20)17(21)22)9-14-7-5-4-6-8-14/h12-16H,4-11H2,1-3H3,(H,21,22)/t13-,15+,16+/m1/s1. The zero-order chi connectivity index (χ0) is 19.3. The number of ether oxygens (including phenoxy) is 2. The minimum absolute atomic E-state index is 0.181. The van der Waals surface area contributed by atoms with Gasteiger partial charge in [0, 0.05) is 13.5 Å². The van der Waals surface area contributed by atoms with Crippen molar-refractivity contribution in [3.05, 3.63) is 0 Å². The van der Waals surface area contributed by atoms with Crippen molar-refractivity contribution in [1.82, 2.24) is 4.90 Å². The molecule has 0 radical (unpaired) electrons. The van der Waals surface area contributed by atoms with Crippen LogP contribution in [-0.2, 0) is 19.1 Å². The summed E-state index contributed by atoms with van der Waals surface area (Å²) in [5.41, 5.74) is 0. The number of carbonyl (C=O) groups excluding carboxylic acids is 2. The second kappa shape index (κ2) is 9.24. The number of likely N-dealkylation sites (tertiary alicyclic amines) is 1. The maximum atomic E-state index is 12.4. The van der Waals surface area contributed by atoms with Crippen molar-refractivity contribution in [3.8, 4) is 0 Å². The first-order chi connectivity index (χ1) is 12.3. The van der Waals surface area contributed by atoms with Crippen LogP contribution in [0.3, 0.4) is 0 Å². The van der Waals surface area contributed by atoms with E-state index >= 15 is 0 Å². The Morgan fingerprint density at radius 3 is 2.27 bits per heavy atom. The quantitative estimate of drug-likeness (QED) is 0.570. The number of hydrogen-bond acceptors (Lipinski definition) is 5. The number of nitrogens with zero attached hydrogens (tertiary/aromatic N) is 1. The SMILES string of the molecule is CC(C)C(=O)O[C@@H](C)OC(=O)N1C[C@@H](CC2CCCCC2)C[C@H]1C(=O)O. The molecule has 0 spiro atoms. The number of carboxylic acid groups (broad SMARTS) is 1. The Balaban J connectivity index is 1.91. The van der Waals surface area contributed by atoms with Crippen LogP contribution in [0, 0.1) is 17.8 Å². The van der Waals surface area contributed by atoms with Crippen LogP contribution < -0.4 is 0 Å². The second-order valence-electron chi connectivity index (χ2n) is 7.89. The monoisotopic (exact) mass is 369 g/mol. The fourth-order valence-corrected chi connectivity index (χ4v) is 3.96. The highest BCUT2D eigenvalue weighted by Crippen LogP contribution is 2.35. The first-order valence-corrected chi connectivity index (χ1v) is 9.68. The third-order valence-electron chi connectivity index (χ3n) is 5.32. The Hall–Kier alpha value is -1.79. The van der Waals surface area contributed by atoms with Crippen molar-refractivity contribution in [2.24, 2.45) is 17.8 Å². The lowest BCUT2D eigenvalue weighted by atomic mass is 9.82. The molecule has 0 aromatic carbocycles. The molecule has 0 bridgehead atoms. The summed E-state index contributed by atoms with van der Waals surface area (Å²) in [4.78, 5) is 36.8. The van der Waals surface area contributed by atoms with E-state index in [9.17, 15) is 19.5 Å². The molecule has 0 aromatic rings. The first kappa shape index (κ1) is 20.5. The van der Waals surface area contributed by atoms with Crippen LogP contribution >= 0.6 is 0 Å². The number of carboxylic acids is 1. The molecule has 2 fully saturated rings. The molecule has 2 rings (SSSR count). The van der Waals surface area contributed by atoms with Crippen molar-refractivity contribution >= 4 is 18.0 Å². The molecule has 1 amide bonds. The normalized spacial score (nSPS) is 25.2. The lowest BCUT2D eigenvalue weighted by molar-refractivity contribution is -0.170. The van der Waals surface area contributed by atoms with Gasteiger partial charge in [0.1, 0.15) is 6.04 Å². The molecule has 7 nitrogen and oxygen atoms in total. The van der Waals surface area contributed by atoms with Gasteiger partial charge >= 0.3 is 18.0 Å². The topological polar surface area (TPSA) is 93.1 Å². The number of esters is 1. The van der Waals surface area contributed by atoms with Gasteiger partial charge in [-0.2, -0.15) is 0 Å². The Morgan fingerprint density at radius 2 is 1.69 bits per heavy atom. The van der Waals surface area contributed by atoms with E-state index < -0.39 is 30.4 Å². The molecule has 1 N–H and O–H groups in total. The van der Waals surface area contributed by atoms with E-state index in [1.165, 1.54) is 43.9 Å². The minimum Gasteiger partial charge on any atom is -0.480 e. The van der Waals surface area contributed by atoms with Crippen LogP contribution in [0.5, 0.6) is 0 Å². The van der Waals surface area contributed by atoms with E-state index in [0.29, 0.717) is 18.9 Å². The first-order valence-electron chi connectivity index (χ1n) is 9.68. The average molecular weight is 369 g/mol. The summed E-state index contributed by atoms with van der Waals surface area (Å²) in [5.74, 6) is -0.989. The Morgan fingerprint density at radius 1 is 1.04 bits per heavy atom. The average Bonchev–Trinajstić information content (AvgIpc) is 2.99. The molecule has 0 unspecified atom stereocenters. The Bertz CT molecular complexity index is 514. The summed E-state index contributed by atoms with van der Waals surface area (Å²) >= 11 is 0. The third-order valence-corrected chi connectivity index (χ3v) is 5.32. The number of aliphatic carboxylic acids is 1. The summed E-state index contributed by atoms with van der Waals surface area (Å²) in [5, 5.41) is 9.47. The summed E-state index contributed by atoms with van der Waals surface area (Å²) in [7, 11) is 0. The number of carbonyl (C=O) groups is 3. The van der Waals surface area contributed by atoms with Crippen LogP contribution in [0.4, 0.5) is 4.79 Å². The van der Waals surface area contributed by atoms with Crippen molar-refractivity contribution in [2.75, 3.05) is 6.54 Å². The molecule has 1 aliphatic heterocycles. The van der Waals surface area contributed by atoms with Crippen LogP contribution in [0.2, 0.25) is 0 Å². The van der Waals surface area contributed by atoms with Gasteiger partial charge in [-0.25, -0.2) is 9.59 Å². The predicted octanol–water partition coefficient (Wildman–Crippen LogP) is 3.41. The summed E-state index contributed by atoms with van der Waals surface area (Å²) in [6.07, 6.45) is 5.81. The van der Waals surface area contributed by atoms with E-state index in [1.54, 1.807) is 13.8 Å². The van der Waals surface area contributed by atoms with Gasteiger partial charge in [-0.05, 0) is 24.7 Å². The third kappa shape index (κ3) is 5.61. The molecule has 1 saturated carbocycles. The highest BCUT2D eigenvalue weighted by atomic mass is 16.7. The van der Waals surface area contributed by atoms with Gasteiger partial charge in [0.05, 0.1) is 5.92 Å². The molecule has 1 aliphatic carbocycles. The largest absolute Gasteiger partial charge is 0.480 e. The summed E-state index contributed by atoms with van der Waals surface area (Å²) in [6.45, 7) is 5.22. The number of amides is 1. The molecule has 148 valence electrons. The zero-order valence-corrected chi connectivity index (χ0v) is 16.0. The molecule has 2 aliphatic rings. The molecule has 26 heavy (non-hydrogen) atoms. The van der Waals surface area contributed by atoms with E-state index in [1.807, 2.05) is 0 Å². The highest BCUT2D eigenvalue weighted by molar-refractivity contribution is 5.81. The molecular weight excluding hydrogens is 338 g/mol. The molecule has 0 aromatic heterocycles. The van der Waals surface area contributed by atoms with Gasteiger partial charge in [0.25, 0.3) is 0 Å². The Kier molecular flexibility index (Phi) is 7.29. The smallest absolute Gasteiger partial charge is 0.413 e. The summed E-state index contributed by atoms with van der Waals surface area (Å²) in [6, 6.07) is -0.871. The number of rotatable bonds is 6. The van der Waals surface area contributed by atoms with E-state index in [-0.39, 0.29) is 11.8 Å². The second-order valence-corrected chi connectivity index (χ2v) is 7.89. The molecule has 3 atom stereocenters. The fourth-order valence-electron chi connectivity index (χ4n) is 3.96. The minimum atomic E-state index is -1.04. The summed E-state index contributed by atoms with van der Waals surface area (Å²) < 4.78 is 10.2. The Labute approximate surface area is 155 Å². The molecule has 1 saturated heterocycles. The number of hydrogen-bond donors (Lipinski definition) is 1. The van der Waals surface area contributed by atoms with E-state index in [0.717, 1.165) is 6.42 Å². The zero-order valence-electron chi connectivity index (χ0n) is 16.0. The van der Waals surface area contributed by atoms with E-state index in [4.69, 9.17) is 9.47 Å². The van der Waals surface area contributed by atoms with Gasteiger partial charge in [-0.1, -0.05) is 46.0 Å². The van der Waals surface area contributed by atoms with E-state index in [2.05, 4.69) is 0 Å². The lowest BCUT2D eigenvalue weighted by Gasteiger charge is -2.25. The van der Waals surface area contributed by atoms with Crippen LogP contribution in [0.15, 0.2) is 0 Å². The molecule has 7 heteroatoms. The van der Waals surface area contributed by atoms with Crippen molar-refractivity contribution < 1.29 is 29.0 Å². The van der Waals surface area contributed by atoms with Gasteiger partial charge in [0.15, 0.2) is 0 Å². The molecular formula is C19H31NO6. The van der Waals surface area contributed by atoms with Crippen LogP contribution in [0.25, 0.3) is 0 Å². The highest BCUT2D eigenvalue weighted by Gasteiger charge is 2.41. The van der Waals surface area contributed by atoms with Gasteiger partial charge in [-0.15, -0.1) is 0 Å². The van der Waals surface area contributed by atoms with Crippen LogP contribution in [0.1, 0.15) is 65.7 Å². The maximum Gasteiger partial charge on any atom is 0.413 e. The van der Waals surface area contributed by atoms with Gasteiger partial charge in [0.2, 0.25) is 6.29 Å². The predicted molar refractivity (Wildman–Crippen MR) is 94.3 cm³/mol. The molecule has 1 heterocycles. The van der Waals surface area contributed by atoms with Crippen molar-refractivity contribution in [3.63, 3.8) is 0 Å². The van der Waals surface area contributed by atoms with Crippen molar-refractivity contribution in [1.29, 1.82) is 0 Å². The van der Waals surface area contributed by atoms with Gasteiger partial charge in [-0.3, -0.25) is 9.69 Å². The lowest BCUT2D eigenvalue weighted by Crippen LogP contribution is -2.42. The maximum absolute atomic E-state index is 12.4.